The highest BCUT2D eigenvalue weighted by Crippen LogP contribution is 2.47. The highest BCUT2D eigenvalue weighted by Gasteiger charge is 2.48. The van der Waals surface area contributed by atoms with Gasteiger partial charge in [0.2, 0.25) is 5.88 Å². The van der Waals surface area contributed by atoms with Crippen LogP contribution in [0.3, 0.4) is 0 Å². The standard InChI is InChI=1S/C29H32ClF6N5O2/c1-16-38-14-24(40(16)2)27(42,19-6-9-37-23(13-19)29(34,35)36)18-4-5-22-20(12-18)25(30)21(26(39-22)43-3)15-41-10-7-17(8-11-41)28(31,32)33/h4-6,9,13-14,16-18,38,42H,7-8,10-12,15H2,1-3H3. The summed E-state index contributed by atoms with van der Waals surface area (Å²) in [5, 5.41) is 15.8. The fourth-order valence-corrected chi connectivity index (χ4v) is 6.38. The molecule has 1 saturated heterocycles. The van der Waals surface area contributed by atoms with Crippen LogP contribution in [-0.2, 0) is 24.7 Å². The van der Waals surface area contributed by atoms with E-state index in [1.807, 2.05) is 11.8 Å². The van der Waals surface area contributed by atoms with Crippen molar-refractivity contribution in [2.24, 2.45) is 11.8 Å². The van der Waals surface area contributed by atoms with Crippen LogP contribution in [-0.4, -0.2) is 64.5 Å². The predicted molar refractivity (Wildman–Crippen MR) is 148 cm³/mol. The molecule has 14 heteroatoms. The topological polar surface area (TPSA) is 73.8 Å². The maximum atomic E-state index is 13.7. The Morgan fingerprint density at radius 2 is 1.86 bits per heavy atom. The number of pyridine rings is 2. The number of likely N-dealkylation sites (tertiary alicyclic amines) is 1. The molecule has 0 amide bonds. The number of ether oxygens (including phenoxy) is 1. The van der Waals surface area contributed by atoms with Gasteiger partial charge in [-0.25, -0.2) is 4.98 Å². The van der Waals surface area contributed by atoms with Crippen molar-refractivity contribution < 1.29 is 36.2 Å². The highest BCUT2D eigenvalue weighted by atomic mass is 35.5. The molecule has 234 valence electrons. The van der Waals surface area contributed by atoms with Gasteiger partial charge in [0.25, 0.3) is 0 Å². The van der Waals surface area contributed by atoms with E-state index in [4.69, 9.17) is 16.3 Å². The van der Waals surface area contributed by atoms with Gasteiger partial charge in [0, 0.05) is 37.5 Å². The SMILES string of the molecule is COc1nc2c(c(Cl)c1CN1CCC(C(F)(F)F)CC1)CC(C(O)(C1=CNC(C)N1C)c1ccnc(C(F)(F)F)c1)C=C2. The summed E-state index contributed by atoms with van der Waals surface area (Å²) in [5.74, 6) is -1.88. The molecule has 4 heterocycles. The van der Waals surface area contributed by atoms with Crippen LogP contribution >= 0.6 is 11.6 Å². The van der Waals surface area contributed by atoms with Crippen LogP contribution in [0.25, 0.3) is 6.08 Å². The first-order chi connectivity index (χ1) is 20.1. The molecule has 43 heavy (non-hydrogen) atoms. The Hall–Kier alpha value is -3.03. The molecule has 3 unspecified atom stereocenters. The molecular formula is C29H32ClF6N5O2. The van der Waals surface area contributed by atoms with Crippen molar-refractivity contribution >= 4 is 17.7 Å². The Kier molecular flexibility index (Phi) is 8.38. The van der Waals surface area contributed by atoms with E-state index in [0.717, 1.165) is 12.3 Å². The summed E-state index contributed by atoms with van der Waals surface area (Å²) in [5.41, 5.74) is -1.15. The number of nitrogens with zero attached hydrogens (tertiary/aromatic N) is 4. The smallest absolute Gasteiger partial charge is 0.433 e. The Bertz CT molecular complexity index is 1420. The van der Waals surface area contributed by atoms with E-state index in [9.17, 15) is 31.4 Å². The summed E-state index contributed by atoms with van der Waals surface area (Å²) in [7, 11) is 3.16. The molecule has 1 aliphatic carbocycles. The van der Waals surface area contributed by atoms with Crippen molar-refractivity contribution in [1.82, 2.24) is 25.1 Å². The zero-order valence-corrected chi connectivity index (χ0v) is 24.5. The summed E-state index contributed by atoms with van der Waals surface area (Å²) in [6.45, 7) is 2.50. The zero-order valence-electron chi connectivity index (χ0n) is 23.7. The number of nitrogens with one attached hydrogen (secondary N) is 1. The Morgan fingerprint density at radius 3 is 2.44 bits per heavy atom. The third-order valence-electron chi connectivity index (χ3n) is 8.70. The van der Waals surface area contributed by atoms with Gasteiger partial charge in [0.1, 0.15) is 11.3 Å². The van der Waals surface area contributed by atoms with E-state index in [-0.39, 0.29) is 56.5 Å². The normalized spacial score (nSPS) is 23.0. The fraction of sp³-hybridized carbons (Fsp3) is 0.517. The van der Waals surface area contributed by atoms with Gasteiger partial charge in [-0.05, 0) is 68.6 Å². The second-order valence-electron chi connectivity index (χ2n) is 11.2. The fourth-order valence-electron chi connectivity index (χ4n) is 6.07. The van der Waals surface area contributed by atoms with E-state index in [2.05, 4.69) is 15.3 Å². The molecular weight excluding hydrogens is 600 g/mol. The molecule has 7 nitrogen and oxygen atoms in total. The number of hydrogen-bond acceptors (Lipinski definition) is 7. The van der Waals surface area contributed by atoms with E-state index < -0.39 is 35.5 Å². The van der Waals surface area contributed by atoms with Gasteiger partial charge in [0.15, 0.2) is 0 Å². The van der Waals surface area contributed by atoms with Crippen LogP contribution < -0.4 is 10.1 Å². The minimum atomic E-state index is -4.72. The largest absolute Gasteiger partial charge is 0.481 e. The van der Waals surface area contributed by atoms with Crippen molar-refractivity contribution in [3.8, 4) is 5.88 Å². The van der Waals surface area contributed by atoms with Crippen molar-refractivity contribution in [2.45, 2.75) is 56.9 Å². The molecule has 1 fully saturated rings. The first kappa shape index (κ1) is 31.4. The van der Waals surface area contributed by atoms with Gasteiger partial charge in [-0.15, -0.1) is 0 Å². The molecule has 3 aliphatic rings. The summed E-state index contributed by atoms with van der Waals surface area (Å²) < 4.78 is 86.1. The molecule has 2 N–H and O–H groups in total. The number of likely N-dealkylation sites (N-methyl/N-ethyl adjacent to an activating group) is 1. The van der Waals surface area contributed by atoms with Crippen LogP contribution in [0.4, 0.5) is 26.3 Å². The molecule has 5 rings (SSSR count). The summed E-state index contributed by atoms with van der Waals surface area (Å²) in [4.78, 5) is 11.7. The lowest BCUT2D eigenvalue weighted by atomic mass is 9.73. The number of methoxy groups -OCH3 is 1. The van der Waals surface area contributed by atoms with E-state index in [1.54, 1.807) is 30.3 Å². The minimum Gasteiger partial charge on any atom is -0.481 e. The van der Waals surface area contributed by atoms with Crippen molar-refractivity contribution in [2.75, 3.05) is 27.2 Å². The van der Waals surface area contributed by atoms with E-state index >= 15 is 0 Å². The number of halogens is 7. The predicted octanol–water partition coefficient (Wildman–Crippen LogP) is 5.73. The van der Waals surface area contributed by atoms with Gasteiger partial charge >= 0.3 is 12.4 Å². The summed E-state index contributed by atoms with van der Waals surface area (Å²) in [6, 6.07) is 2.21. The average Bonchev–Trinajstić information content (AvgIpc) is 3.31. The lowest BCUT2D eigenvalue weighted by Crippen LogP contribution is -2.44. The van der Waals surface area contributed by atoms with Gasteiger partial charge in [0.05, 0.1) is 35.6 Å². The number of aliphatic hydroxyl groups is 1. The second kappa shape index (κ2) is 11.5. The summed E-state index contributed by atoms with van der Waals surface area (Å²) >= 11 is 6.95. The average molecular weight is 632 g/mol. The van der Waals surface area contributed by atoms with Crippen molar-refractivity contribution in [1.29, 1.82) is 0 Å². The number of aromatic nitrogens is 2. The molecule has 2 aromatic rings. The second-order valence-corrected chi connectivity index (χ2v) is 11.6. The van der Waals surface area contributed by atoms with Gasteiger partial charge in [-0.2, -0.15) is 26.3 Å². The lowest BCUT2D eigenvalue weighted by Gasteiger charge is -2.41. The first-order valence-electron chi connectivity index (χ1n) is 13.8. The minimum absolute atomic E-state index is 0.00674. The number of hydrogen-bond donors (Lipinski definition) is 2. The van der Waals surface area contributed by atoms with Gasteiger partial charge < -0.3 is 20.1 Å². The number of rotatable bonds is 6. The van der Waals surface area contributed by atoms with Gasteiger partial charge in [-0.3, -0.25) is 9.88 Å². The maximum Gasteiger partial charge on any atom is 0.433 e. The zero-order chi connectivity index (χ0) is 31.3. The maximum absolute atomic E-state index is 13.7. The monoisotopic (exact) mass is 631 g/mol. The molecule has 2 aromatic heterocycles. The molecule has 0 bridgehead atoms. The Balaban J connectivity index is 1.51. The molecule has 0 spiro atoms. The Labute approximate surface area is 250 Å². The van der Waals surface area contributed by atoms with Crippen LogP contribution in [0, 0.1) is 11.8 Å². The van der Waals surface area contributed by atoms with E-state index in [1.165, 1.54) is 13.2 Å². The van der Waals surface area contributed by atoms with Crippen LogP contribution in [0.15, 0.2) is 36.3 Å². The molecule has 3 atom stereocenters. The highest BCUT2D eigenvalue weighted by molar-refractivity contribution is 6.32. The summed E-state index contributed by atoms with van der Waals surface area (Å²) in [6.07, 6.45) is -3.17. The number of fused-ring (bicyclic) bond motifs is 1. The third kappa shape index (κ3) is 5.91. The number of alkyl halides is 6. The molecule has 0 radical (unpaired) electrons. The quantitative estimate of drug-likeness (QED) is 0.395. The lowest BCUT2D eigenvalue weighted by molar-refractivity contribution is -0.185. The van der Waals surface area contributed by atoms with Crippen LogP contribution in [0.1, 0.15) is 47.8 Å². The third-order valence-corrected chi connectivity index (χ3v) is 9.15. The molecule has 2 aliphatic heterocycles. The Morgan fingerprint density at radius 1 is 1.16 bits per heavy atom. The van der Waals surface area contributed by atoms with Crippen molar-refractivity contribution in [3.63, 3.8) is 0 Å². The molecule has 0 aromatic carbocycles. The van der Waals surface area contributed by atoms with Crippen LogP contribution in [0.5, 0.6) is 5.88 Å². The first-order valence-corrected chi connectivity index (χ1v) is 14.2. The molecule has 0 saturated carbocycles. The van der Waals surface area contributed by atoms with Crippen molar-refractivity contribution in [3.05, 3.63) is 69.4 Å². The number of piperidine rings is 1. The van der Waals surface area contributed by atoms with Crippen LogP contribution in [0.2, 0.25) is 5.02 Å². The van der Waals surface area contributed by atoms with E-state index in [0.29, 0.717) is 27.5 Å². The van der Waals surface area contributed by atoms with Gasteiger partial charge in [-0.1, -0.05) is 17.7 Å².